The zero-order valence-electron chi connectivity index (χ0n) is 19.9. The van der Waals surface area contributed by atoms with Crippen molar-refractivity contribution >= 4 is 0 Å². The fourth-order valence-corrected chi connectivity index (χ4v) is 8.25. The molecule has 0 radical (unpaired) electrons. The van der Waals surface area contributed by atoms with Crippen LogP contribution in [-0.4, -0.2) is 45.5 Å². The van der Waals surface area contributed by atoms with Crippen LogP contribution in [0.5, 0.6) is 0 Å². The van der Waals surface area contributed by atoms with Crippen molar-refractivity contribution in [3.05, 3.63) is 0 Å². The normalized spacial score (nSPS) is 44.7. The maximum atomic E-state index is 9.21. The Morgan fingerprint density at radius 2 is 1.00 bits per heavy atom. The van der Waals surface area contributed by atoms with E-state index < -0.39 is 0 Å². The van der Waals surface area contributed by atoms with Crippen molar-refractivity contribution < 1.29 is 9.68 Å². The van der Waals surface area contributed by atoms with Crippen LogP contribution in [0.2, 0.25) is 0 Å². The lowest BCUT2D eigenvalue weighted by Gasteiger charge is -2.44. The first-order valence-corrected chi connectivity index (χ1v) is 13.1. The molecule has 8 heteroatoms. The smallest absolute Gasteiger partial charge is 0.170 e. The maximum Gasteiger partial charge on any atom is 0.170 e. The maximum absolute atomic E-state index is 9.21. The van der Waals surface area contributed by atoms with Crippen LogP contribution in [0.3, 0.4) is 0 Å². The van der Waals surface area contributed by atoms with Crippen LogP contribution >= 0.6 is 0 Å². The van der Waals surface area contributed by atoms with Gasteiger partial charge in [0.15, 0.2) is 12.2 Å². The van der Waals surface area contributed by atoms with Crippen molar-refractivity contribution in [3.63, 3.8) is 0 Å². The summed E-state index contributed by atoms with van der Waals surface area (Å²) in [7, 11) is 0. The van der Waals surface area contributed by atoms with Crippen LogP contribution in [0, 0.1) is 57.2 Å². The third-order valence-electron chi connectivity index (χ3n) is 9.56. The highest BCUT2D eigenvalue weighted by atomic mass is 16.7. The van der Waals surface area contributed by atoms with Gasteiger partial charge < -0.3 is 0 Å². The van der Waals surface area contributed by atoms with Crippen LogP contribution < -0.4 is 0 Å². The second-order valence-corrected chi connectivity index (χ2v) is 11.0. The molecule has 8 nitrogen and oxygen atoms in total. The zero-order valence-corrected chi connectivity index (χ0v) is 19.9. The Kier molecular flexibility index (Phi) is 6.54. The summed E-state index contributed by atoms with van der Waals surface area (Å²) in [4.78, 5) is 11.7. The number of nitriles is 4. The highest BCUT2D eigenvalue weighted by Gasteiger charge is 2.61. The van der Waals surface area contributed by atoms with Gasteiger partial charge in [-0.15, -0.1) is 0 Å². The molecule has 2 spiro atoms. The van der Waals surface area contributed by atoms with Crippen LogP contribution in [-0.2, 0) is 9.68 Å². The van der Waals surface area contributed by atoms with Gasteiger partial charge in [0.1, 0.15) is 0 Å². The van der Waals surface area contributed by atoms with Crippen LogP contribution in [0.15, 0.2) is 0 Å². The molecule has 4 aliphatic heterocycles. The molecule has 6 rings (SSSR count). The Bertz CT molecular complexity index is 869. The highest BCUT2D eigenvalue weighted by molar-refractivity contribution is 5.14. The second-order valence-electron chi connectivity index (χ2n) is 11.0. The fourth-order valence-electron chi connectivity index (χ4n) is 8.25. The standard InChI is InChI=1S/2C13H17N3O/c2*14-8-5-10-3-1-6-13-7-2-4-11(13)12(9-15)17-16(10)13/h2*10-12H,1-7H2/t2*10-,11-,12+,13-/m10/s1. The lowest BCUT2D eigenvalue weighted by Crippen LogP contribution is -2.52. The van der Waals surface area contributed by atoms with Gasteiger partial charge in [0.05, 0.1) is 48.2 Å². The molecule has 34 heavy (non-hydrogen) atoms. The second kappa shape index (κ2) is 9.45. The lowest BCUT2D eigenvalue weighted by molar-refractivity contribution is -0.219. The third kappa shape index (κ3) is 3.52. The van der Waals surface area contributed by atoms with Crippen molar-refractivity contribution in [2.24, 2.45) is 11.8 Å². The molecule has 6 aliphatic rings. The summed E-state index contributed by atoms with van der Waals surface area (Å²) in [5.74, 6) is 0.739. The third-order valence-corrected chi connectivity index (χ3v) is 9.56. The predicted molar refractivity (Wildman–Crippen MR) is 121 cm³/mol. The first-order chi connectivity index (χ1) is 16.6. The number of piperidine rings is 2. The molecule has 0 N–H and O–H groups in total. The minimum absolute atomic E-state index is 0.0835. The number of hydroxylamine groups is 4. The number of hydrogen-bond acceptors (Lipinski definition) is 8. The zero-order chi connectivity index (χ0) is 23.8. The van der Waals surface area contributed by atoms with Gasteiger partial charge in [-0.2, -0.15) is 31.2 Å². The molecular weight excluding hydrogens is 428 g/mol. The van der Waals surface area contributed by atoms with E-state index in [1.807, 2.05) is 0 Å². The minimum Gasteiger partial charge on any atom is -0.279 e. The Morgan fingerprint density at radius 1 is 0.618 bits per heavy atom. The molecule has 2 saturated carbocycles. The number of nitrogens with zero attached hydrogens (tertiary/aromatic N) is 6. The van der Waals surface area contributed by atoms with E-state index >= 15 is 0 Å². The molecule has 0 aromatic rings. The van der Waals surface area contributed by atoms with E-state index in [9.17, 15) is 10.5 Å². The van der Waals surface area contributed by atoms with Gasteiger partial charge in [0.2, 0.25) is 0 Å². The van der Waals surface area contributed by atoms with Crippen molar-refractivity contribution in [1.82, 2.24) is 10.1 Å². The van der Waals surface area contributed by atoms with Crippen LogP contribution in [0.1, 0.15) is 89.9 Å². The molecular formula is C26H34N6O2. The first-order valence-electron chi connectivity index (χ1n) is 13.1. The van der Waals surface area contributed by atoms with Gasteiger partial charge in [-0.25, -0.2) is 0 Å². The van der Waals surface area contributed by atoms with E-state index in [4.69, 9.17) is 20.2 Å². The van der Waals surface area contributed by atoms with Crippen molar-refractivity contribution in [2.75, 3.05) is 0 Å². The molecule has 4 saturated heterocycles. The van der Waals surface area contributed by atoms with Gasteiger partial charge in [-0.05, 0) is 64.2 Å². The molecule has 0 aromatic heterocycles. The minimum atomic E-state index is -0.281. The van der Waals surface area contributed by atoms with E-state index in [1.54, 1.807) is 0 Å². The lowest BCUT2D eigenvalue weighted by atomic mass is 9.76. The summed E-state index contributed by atoms with van der Waals surface area (Å²) in [5, 5.41) is 40.3. The Morgan fingerprint density at radius 3 is 1.35 bits per heavy atom. The SMILES string of the molecule is N#CC[C@@H]1CCC[C@]23CCC[C@H]2[C@@H](C#N)ON13.N#CC[C@H]1CCC[C@@]23CCC[C@@H]2[C@H](C#N)ON13. The van der Waals surface area contributed by atoms with Crippen molar-refractivity contribution in [2.45, 2.75) is 125 Å². The fraction of sp³-hybridized carbons (Fsp3) is 0.846. The van der Waals surface area contributed by atoms with E-state index in [0.29, 0.717) is 24.7 Å². The summed E-state index contributed by atoms with van der Waals surface area (Å²) >= 11 is 0. The average molecular weight is 463 g/mol. The van der Waals surface area contributed by atoms with Crippen molar-refractivity contribution in [3.8, 4) is 24.3 Å². The van der Waals surface area contributed by atoms with E-state index in [-0.39, 0.29) is 35.4 Å². The van der Waals surface area contributed by atoms with E-state index in [0.717, 1.165) is 51.4 Å². The van der Waals surface area contributed by atoms with Gasteiger partial charge >= 0.3 is 0 Å². The molecule has 180 valence electrons. The van der Waals surface area contributed by atoms with E-state index in [1.165, 1.54) is 25.7 Å². The summed E-state index contributed by atoms with van der Waals surface area (Å²) in [5.41, 5.74) is 0.167. The molecule has 6 fully saturated rings. The Labute approximate surface area is 202 Å². The highest BCUT2D eigenvalue weighted by Crippen LogP contribution is 2.55. The van der Waals surface area contributed by atoms with Gasteiger partial charge in [-0.1, -0.05) is 12.8 Å². The molecule has 0 bridgehead atoms. The Hall–Kier alpha value is -2.20. The topological polar surface area (TPSA) is 120 Å². The summed E-state index contributed by atoms with van der Waals surface area (Å²) in [6.45, 7) is 0. The first kappa shape index (κ1) is 23.5. The average Bonchev–Trinajstić information content (AvgIpc) is 3.57. The number of hydrogen-bond donors (Lipinski definition) is 0. The van der Waals surface area contributed by atoms with Crippen LogP contribution in [0.25, 0.3) is 0 Å². The predicted octanol–water partition coefficient (Wildman–Crippen LogP) is 4.26. The van der Waals surface area contributed by atoms with Gasteiger partial charge in [-0.3, -0.25) is 9.68 Å². The molecule has 0 amide bonds. The largest absolute Gasteiger partial charge is 0.279 e. The summed E-state index contributed by atoms with van der Waals surface area (Å²) in [6, 6.07) is 9.52. The molecule has 4 heterocycles. The number of rotatable bonds is 2. The molecule has 0 aromatic carbocycles. The Balaban J connectivity index is 0.000000142. The van der Waals surface area contributed by atoms with Gasteiger partial charge in [0.25, 0.3) is 0 Å². The summed E-state index contributed by atoms with van der Waals surface area (Å²) < 4.78 is 0. The van der Waals surface area contributed by atoms with Crippen molar-refractivity contribution in [1.29, 1.82) is 21.0 Å². The molecule has 2 aliphatic carbocycles. The van der Waals surface area contributed by atoms with Gasteiger partial charge in [0, 0.05) is 23.9 Å². The monoisotopic (exact) mass is 462 g/mol. The molecule has 8 atom stereocenters. The van der Waals surface area contributed by atoms with Crippen LogP contribution in [0.4, 0.5) is 0 Å². The summed E-state index contributed by atoms with van der Waals surface area (Å²) in [6.07, 6.45) is 14.0. The molecule has 0 unspecified atom stereocenters. The van der Waals surface area contributed by atoms with E-state index in [2.05, 4.69) is 34.4 Å². The quantitative estimate of drug-likeness (QED) is 0.597.